The van der Waals surface area contributed by atoms with Crippen molar-refractivity contribution in [1.29, 1.82) is 0 Å². The second kappa shape index (κ2) is 20.8. The number of ether oxygens (including phenoxy) is 1. The highest BCUT2D eigenvalue weighted by Gasteiger charge is 2.17. The summed E-state index contributed by atoms with van der Waals surface area (Å²) in [5.74, 6) is -0.401. The second-order valence-electron chi connectivity index (χ2n) is 9.39. The summed E-state index contributed by atoms with van der Waals surface area (Å²) in [4.78, 5) is 24.5. The molecule has 49 heavy (non-hydrogen) atoms. The van der Waals surface area contributed by atoms with Crippen molar-refractivity contribution in [2.24, 2.45) is 0 Å². The van der Waals surface area contributed by atoms with Crippen molar-refractivity contribution in [2.75, 3.05) is 13.2 Å². The van der Waals surface area contributed by atoms with Crippen LogP contribution in [-0.4, -0.2) is 52.1 Å². The van der Waals surface area contributed by atoms with Gasteiger partial charge in [-0.2, -0.15) is 0 Å². The lowest BCUT2D eigenvalue weighted by Gasteiger charge is -2.07. The van der Waals surface area contributed by atoms with E-state index in [0.717, 1.165) is 18.8 Å². The first-order valence-corrected chi connectivity index (χ1v) is 15.5. The van der Waals surface area contributed by atoms with Crippen LogP contribution in [0.25, 0.3) is 22.1 Å². The fourth-order valence-corrected chi connectivity index (χ4v) is 4.66. The molecule has 0 radical (unpaired) electrons. The summed E-state index contributed by atoms with van der Waals surface area (Å²) in [7, 11) is -3.67. The maximum Gasteiger partial charge on any atom is 0.762 e. The van der Waals surface area contributed by atoms with E-state index >= 15 is 0 Å². The molecule has 5 aromatic rings. The molecule has 0 atom stereocenters. The van der Waals surface area contributed by atoms with Gasteiger partial charge < -0.3 is 34.7 Å². The van der Waals surface area contributed by atoms with Crippen LogP contribution in [0.2, 0.25) is 0 Å². The quantitative estimate of drug-likeness (QED) is 0.0833. The standard InChI is InChI=1S/C15H9BrO4.C14H11BrO4.C4H10O.CH4.BF3/c16-13-12(18)6-5-10-14(19)11(7-20-15(10)13)8-1-3-9(17)4-2-8;15-13-11(17)6-5-10(14(13)19)12(18)7-8-1-3-9(16)4-2-8;1-3-5-4-2;;2-1(3)4/h1-7,17-18H;1-6,16-17,19H,7H2;3-4H2,1-2H3;1H4;. The third-order valence-corrected chi connectivity index (χ3v) is 7.69. The van der Waals surface area contributed by atoms with Crippen LogP contribution in [0.3, 0.4) is 0 Å². The van der Waals surface area contributed by atoms with E-state index in [1.165, 1.54) is 54.8 Å². The number of hydrogen-bond donors (Lipinski definition) is 5. The van der Waals surface area contributed by atoms with E-state index in [4.69, 9.17) is 14.3 Å². The molecular formula is C34H34BBr2F3O9. The van der Waals surface area contributed by atoms with Gasteiger partial charge in [-0.15, -0.1) is 0 Å². The molecule has 5 N–H and O–H groups in total. The van der Waals surface area contributed by atoms with E-state index in [-0.39, 0.29) is 63.8 Å². The van der Waals surface area contributed by atoms with Crippen LogP contribution in [0.1, 0.15) is 37.2 Å². The van der Waals surface area contributed by atoms with E-state index < -0.39 is 7.54 Å². The zero-order valence-corrected chi connectivity index (χ0v) is 28.6. The van der Waals surface area contributed by atoms with E-state index in [0.29, 0.717) is 26.6 Å². The van der Waals surface area contributed by atoms with Gasteiger partial charge in [0, 0.05) is 19.6 Å². The molecule has 262 valence electrons. The molecule has 1 aromatic heterocycles. The molecule has 0 fully saturated rings. The van der Waals surface area contributed by atoms with E-state index in [1.807, 2.05) is 13.8 Å². The van der Waals surface area contributed by atoms with Crippen LogP contribution in [0.5, 0.6) is 28.7 Å². The number of benzene rings is 4. The first-order chi connectivity index (χ1) is 22.7. The van der Waals surface area contributed by atoms with Gasteiger partial charge in [0.05, 0.1) is 16.5 Å². The number of phenols is 5. The summed E-state index contributed by atoms with van der Waals surface area (Å²) < 4.78 is 39.7. The van der Waals surface area contributed by atoms with E-state index in [2.05, 4.69) is 31.9 Å². The van der Waals surface area contributed by atoms with Gasteiger partial charge in [-0.3, -0.25) is 22.5 Å². The van der Waals surface area contributed by atoms with Gasteiger partial charge >= 0.3 is 7.54 Å². The Hall–Kier alpha value is -4.47. The molecule has 1 heterocycles. The van der Waals surface area contributed by atoms with Crippen molar-refractivity contribution >= 4 is 56.2 Å². The molecule has 0 spiro atoms. The fraction of sp³-hybridized carbons (Fsp3) is 0.176. The number of carbonyl (C=O) groups is 1. The van der Waals surface area contributed by atoms with Crippen molar-refractivity contribution in [1.82, 2.24) is 0 Å². The van der Waals surface area contributed by atoms with Crippen LogP contribution in [0.15, 0.2) is 97.2 Å². The van der Waals surface area contributed by atoms with Crippen molar-refractivity contribution in [3.05, 3.63) is 109 Å². The van der Waals surface area contributed by atoms with Crippen molar-refractivity contribution < 1.29 is 52.4 Å². The number of aromatic hydroxyl groups is 5. The number of rotatable bonds is 6. The Bertz CT molecular complexity index is 1850. The van der Waals surface area contributed by atoms with E-state index in [9.17, 15) is 43.0 Å². The first-order valence-electron chi connectivity index (χ1n) is 14.0. The van der Waals surface area contributed by atoms with E-state index in [1.54, 1.807) is 24.3 Å². The highest BCUT2D eigenvalue weighted by molar-refractivity contribution is 9.11. The summed E-state index contributed by atoms with van der Waals surface area (Å²) in [6, 6.07) is 18.2. The van der Waals surface area contributed by atoms with Gasteiger partial charge in [-0.25, -0.2) is 0 Å². The molecule has 0 aliphatic rings. The predicted octanol–water partition coefficient (Wildman–Crippen LogP) is 9.18. The van der Waals surface area contributed by atoms with Crippen molar-refractivity contribution in [3.63, 3.8) is 0 Å². The lowest BCUT2D eigenvalue weighted by Crippen LogP contribution is -2.04. The Morgan fingerprint density at radius 2 is 1.27 bits per heavy atom. The van der Waals surface area contributed by atoms with Gasteiger partial charge in [0.2, 0.25) is 5.43 Å². The predicted molar refractivity (Wildman–Crippen MR) is 191 cm³/mol. The van der Waals surface area contributed by atoms with Crippen LogP contribution < -0.4 is 5.43 Å². The lowest BCUT2D eigenvalue weighted by atomic mass is 10.0. The van der Waals surface area contributed by atoms with Gasteiger partial charge in [0.15, 0.2) is 11.4 Å². The Labute approximate surface area is 297 Å². The summed E-state index contributed by atoms with van der Waals surface area (Å²) in [5.41, 5.74) is 2.03. The number of halogens is 5. The minimum Gasteiger partial charge on any atom is -0.508 e. The molecular weight excluding hydrogens is 780 g/mol. The Balaban J connectivity index is 0.000000388. The molecule has 0 saturated carbocycles. The molecule has 0 aliphatic carbocycles. The molecule has 0 saturated heterocycles. The third-order valence-electron chi connectivity index (χ3n) is 6.14. The molecule has 5 rings (SSSR count). The molecule has 0 amide bonds. The molecule has 15 heteroatoms. The zero-order chi connectivity index (χ0) is 36.0. The largest absolute Gasteiger partial charge is 0.762 e. The molecule has 4 aromatic carbocycles. The average molecular weight is 814 g/mol. The zero-order valence-electron chi connectivity index (χ0n) is 25.5. The van der Waals surface area contributed by atoms with Gasteiger partial charge in [-0.05, 0) is 105 Å². The minimum atomic E-state index is -3.67. The van der Waals surface area contributed by atoms with Crippen LogP contribution in [-0.2, 0) is 11.2 Å². The Kier molecular flexibility index (Phi) is 18.1. The monoisotopic (exact) mass is 812 g/mol. The van der Waals surface area contributed by atoms with Crippen LogP contribution in [0.4, 0.5) is 12.9 Å². The average Bonchev–Trinajstić information content (AvgIpc) is 3.04. The normalized spacial score (nSPS) is 9.86. The number of Topliss-reactive ketones (excluding diaryl/α,β-unsaturated/α-hetero) is 1. The smallest absolute Gasteiger partial charge is 0.508 e. The molecule has 0 unspecified atom stereocenters. The number of carbonyl (C=O) groups excluding carboxylic acids is 1. The summed E-state index contributed by atoms with van der Waals surface area (Å²) in [5, 5.41) is 47.6. The fourth-order valence-electron chi connectivity index (χ4n) is 3.87. The van der Waals surface area contributed by atoms with Crippen molar-refractivity contribution in [3.8, 4) is 39.9 Å². The highest BCUT2D eigenvalue weighted by atomic mass is 79.9. The second-order valence-corrected chi connectivity index (χ2v) is 11.0. The van der Waals surface area contributed by atoms with Crippen LogP contribution in [0, 0.1) is 0 Å². The summed E-state index contributed by atoms with van der Waals surface area (Å²) in [6.07, 6.45) is 1.45. The number of fused-ring (bicyclic) bond motifs is 1. The Morgan fingerprint density at radius 3 is 1.78 bits per heavy atom. The highest BCUT2D eigenvalue weighted by Crippen LogP contribution is 2.36. The number of hydrogen-bond acceptors (Lipinski definition) is 9. The Morgan fingerprint density at radius 1 is 0.776 bits per heavy atom. The van der Waals surface area contributed by atoms with Gasteiger partial charge in [0.25, 0.3) is 0 Å². The van der Waals surface area contributed by atoms with Crippen molar-refractivity contribution in [2.45, 2.75) is 27.7 Å². The minimum absolute atomic E-state index is 0. The van der Waals surface area contributed by atoms with Crippen LogP contribution >= 0.6 is 31.9 Å². The summed E-state index contributed by atoms with van der Waals surface area (Å²) in [6.45, 7) is 5.67. The molecule has 9 nitrogen and oxygen atoms in total. The maximum absolute atomic E-state index is 12.5. The number of phenolic OH excluding ortho intramolecular Hbond substituents is 5. The van der Waals surface area contributed by atoms with Gasteiger partial charge in [0.1, 0.15) is 44.0 Å². The topological polar surface area (TPSA) is 158 Å². The lowest BCUT2D eigenvalue weighted by molar-refractivity contribution is 0.0990. The van der Waals surface area contributed by atoms with Gasteiger partial charge in [-0.1, -0.05) is 31.7 Å². The molecule has 0 bridgehead atoms. The third kappa shape index (κ3) is 12.8. The number of ketones is 1. The maximum atomic E-state index is 12.5. The SMILES string of the molecule is C.CCOCC.FB(F)F.O=C(Cc1ccc(O)cc1)c1ccc(O)c(Br)c1O.O=c1c(-c2ccc(O)cc2)coc2c(Br)c(O)ccc12. The summed E-state index contributed by atoms with van der Waals surface area (Å²) >= 11 is 6.20. The first kappa shape index (κ1) is 42.6. The molecule has 0 aliphatic heterocycles.